The molecule has 2 rings (SSSR count). The summed E-state index contributed by atoms with van der Waals surface area (Å²) >= 11 is 0. The first-order valence-corrected chi connectivity index (χ1v) is 6.89. The minimum absolute atomic E-state index is 0.0676. The predicted octanol–water partition coefficient (Wildman–Crippen LogP) is 2.96. The van der Waals surface area contributed by atoms with Gasteiger partial charge in [-0.1, -0.05) is 19.8 Å². The van der Waals surface area contributed by atoms with Gasteiger partial charge in [0.2, 0.25) is 0 Å². The van der Waals surface area contributed by atoms with Crippen LogP contribution in [0.25, 0.3) is 0 Å². The Hall–Kier alpha value is -1.58. The first-order valence-electron chi connectivity index (χ1n) is 6.89. The van der Waals surface area contributed by atoms with Crippen molar-refractivity contribution >= 4 is 11.6 Å². The summed E-state index contributed by atoms with van der Waals surface area (Å²) in [5.74, 6) is 0.332. The SMILES string of the molecule is CC1CCCC(CNC(=O)c2ccc(N)cc2F)C1. The first kappa shape index (κ1) is 13.8. The summed E-state index contributed by atoms with van der Waals surface area (Å²) in [5, 5.41) is 2.83. The van der Waals surface area contributed by atoms with E-state index in [0.717, 1.165) is 18.8 Å². The van der Waals surface area contributed by atoms with E-state index >= 15 is 0 Å². The lowest BCUT2D eigenvalue weighted by molar-refractivity contribution is 0.0936. The van der Waals surface area contributed by atoms with Crippen molar-refractivity contribution in [3.05, 3.63) is 29.6 Å². The molecule has 2 unspecified atom stereocenters. The van der Waals surface area contributed by atoms with E-state index in [0.29, 0.717) is 18.2 Å². The van der Waals surface area contributed by atoms with Gasteiger partial charge in [-0.05, 0) is 42.9 Å². The number of rotatable bonds is 3. The maximum absolute atomic E-state index is 13.6. The second-order valence-electron chi connectivity index (χ2n) is 5.59. The molecule has 1 fully saturated rings. The second-order valence-corrected chi connectivity index (χ2v) is 5.59. The van der Waals surface area contributed by atoms with Gasteiger partial charge in [0.05, 0.1) is 5.56 Å². The molecule has 1 aromatic rings. The highest BCUT2D eigenvalue weighted by atomic mass is 19.1. The van der Waals surface area contributed by atoms with Crippen LogP contribution in [-0.4, -0.2) is 12.5 Å². The van der Waals surface area contributed by atoms with Gasteiger partial charge in [-0.2, -0.15) is 0 Å². The van der Waals surface area contributed by atoms with Crippen molar-refractivity contribution in [2.75, 3.05) is 12.3 Å². The zero-order valence-corrected chi connectivity index (χ0v) is 11.3. The maximum atomic E-state index is 13.6. The van der Waals surface area contributed by atoms with E-state index in [4.69, 9.17) is 5.73 Å². The Kier molecular flexibility index (Phi) is 4.40. The van der Waals surface area contributed by atoms with Crippen LogP contribution in [0.2, 0.25) is 0 Å². The lowest BCUT2D eigenvalue weighted by atomic mass is 9.82. The van der Waals surface area contributed by atoms with Crippen molar-refractivity contribution < 1.29 is 9.18 Å². The Labute approximate surface area is 113 Å². The molecular formula is C15H21FN2O. The average molecular weight is 264 g/mol. The molecular weight excluding hydrogens is 243 g/mol. The lowest BCUT2D eigenvalue weighted by Gasteiger charge is -2.26. The number of nitrogens with one attached hydrogen (secondary N) is 1. The van der Waals surface area contributed by atoms with Crippen molar-refractivity contribution in [3.8, 4) is 0 Å². The minimum Gasteiger partial charge on any atom is -0.399 e. The molecule has 1 saturated carbocycles. The zero-order valence-electron chi connectivity index (χ0n) is 11.3. The third-order valence-electron chi connectivity index (χ3n) is 3.83. The molecule has 1 amide bonds. The molecule has 0 heterocycles. The molecule has 2 atom stereocenters. The Balaban J connectivity index is 1.90. The number of nitrogens with two attached hydrogens (primary N) is 1. The Morgan fingerprint density at radius 2 is 2.26 bits per heavy atom. The molecule has 1 aromatic carbocycles. The molecule has 3 nitrogen and oxygen atoms in total. The highest BCUT2D eigenvalue weighted by Crippen LogP contribution is 2.28. The van der Waals surface area contributed by atoms with Gasteiger partial charge in [0, 0.05) is 12.2 Å². The van der Waals surface area contributed by atoms with Gasteiger partial charge >= 0.3 is 0 Å². The van der Waals surface area contributed by atoms with E-state index in [-0.39, 0.29) is 11.5 Å². The minimum atomic E-state index is -0.561. The van der Waals surface area contributed by atoms with Crippen molar-refractivity contribution in [2.45, 2.75) is 32.6 Å². The average Bonchev–Trinajstić information content (AvgIpc) is 2.36. The fraction of sp³-hybridized carbons (Fsp3) is 0.533. The van der Waals surface area contributed by atoms with Crippen LogP contribution in [0, 0.1) is 17.7 Å². The van der Waals surface area contributed by atoms with E-state index in [2.05, 4.69) is 12.2 Å². The number of hydrogen-bond acceptors (Lipinski definition) is 2. The van der Waals surface area contributed by atoms with Crippen LogP contribution in [0.5, 0.6) is 0 Å². The van der Waals surface area contributed by atoms with E-state index < -0.39 is 5.82 Å². The van der Waals surface area contributed by atoms with Gasteiger partial charge < -0.3 is 11.1 Å². The van der Waals surface area contributed by atoms with Gasteiger partial charge in [0.15, 0.2) is 0 Å². The maximum Gasteiger partial charge on any atom is 0.254 e. The molecule has 3 N–H and O–H groups in total. The molecule has 0 radical (unpaired) electrons. The molecule has 0 aliphatic heterocycles. The summed E-state index contributed by atoms with van der Waals surface area (Å²) in [6, 6.07) is 4.15. The number of amides is 1. The molecule has 0 spiro atoms. The molecule has 0 saturated heterocycles. The van der Waals surface area contributed by atoms with Crippen LogP contribution >= 0.6 is 0 Å². The molecule has 4 heteroatoms. The molecule has 0 aromatic heterocycles. The summed E-state index contributed by atoms with van der Waals surface area (Å²) in [6.45, 7) is 2.88. The standard InChI is InChI=1S/C15H21FN2O/c1-10-3-2-4-11(7-10)9-18-15(19)13-6-5-12(17)8-14(13)16/h5-6,8,10-11H,2-4,7,9,17H2,1H3,(H,18,19). The second kappa shape index (κ2) is 6.04. The third kappa shape index (κ3) is 3.69. The van der Waals surface area contributed by atoms with Crippen LogP contribution in [0.3, 0.4) is 0 Å². The Morgan fingerprint density at radius 1 is 1.47 bits per heavy atom. The predicted molar refractivity (Wildman–Crippen MR) is 74.3 cm³/mol. The van der Waals surface area contributed by atoms with Gasteiger partial charge in [0.25, 0.3) is 5.91 Å². The van der Waals surface area contributed by atoms with Crippen LogP contribution in [0.1, 0.15) is 43.0 Å². The summed E-state index contributed by atoms with van der Waals surface area (Å²) in [4.78, 5) is 11.9. The molecule has 19 heavy (non-hydrogen) atoms. The van der Waals surface area contributed by atoms with Crippen LogP contribution in [0.15, 0.2) is 18.2 Å². The van der Waals surface area contributed by atoms with Gasteiger partial charge in [0.1, 0.15) is 5.82 Å². The van der Waals surface area contributed by atoms with Crippen molar-refractivity contribution in [3.63, 3.8) is 0 Å². The number of halogens is 1. The normalized spacial score (nSPS) is 23.1. The highest BCUT2D eigenvalue weighted by Gasteiger charge is 2.20. The van der Waals surface area contributed by atoms with Crippen LogP contribution < -0.4 is 11.1 Å². The summed E-state index contributed by atoms with van der Waals surface area (Å²) in [7, 11) is 0. The summed E-state index contributed by atoms with van der Waals surface area (Å²) < 4.78 is 13.6. The van der Waals surface area contributed by atoms with Gasteiger partial charge in [-0.25, -0.2) is 4.39 Å². The fourth-order valence-corrected chi connectivity index (χ4v) is 2.79. The van der Waals surface area contributed by atoms with Crippen LogP contribution in [0.4, 0.5) is 10.1 Å². The smallest absolute Gasteiger partial charge is 0.254 e. The number of nitrogen functional groups attached to an aromatic ring is 1. The molecule has 1 aliphatic carbocycles. The van der Waals surface area contributed by atoms with Crippen molar-refractivity contribution in [1.82, 2.24) is 5.32 Å². The Bertz CT molecular complexity index is 461. The number of benzene rings is 1. The van der Waals surface area contributed by atoms with Gasteiger partial charge in [-0.15, -0.1) is 0 Å². The van der Waals surface area contributed by atoms with E-state index in [1.165, 1.54) is 25.0 Å². The van der Waals surface area contributed by atoms with Gasteiger partial charge in [-0.3, -0.25) is 4.79 Å². The van der Waals surface area contributed by atoms with E-state index in [9.17, 15) is 9.18 Å². The van der Waals surface area contributed by atoms with Crippen molar-refractivity contribution in [2.24, 2.45) is 11.8 Å². The molecule has 0 bridgehead atoms. The molecule has 1 aliphatic rings. The number of carbonyl (C=O) groups excluding carboxylic acids is 1. The quantitative estimate of drug-likeness (QED) is 0.825. The highest BCUT2D eigenvalue weighted by molar-refractivity contribution is 5.94. The summed E-state index contributed by atoms with van der Waals surface area (Å²) in [6.07, 6.45) is 4.79. The number of hydrogen-bond donors (Lipinski definition) is 2. The molecule has 104 valence electrons. The lowest BCUT2D eigenvalue weighted by Crippen LogP contribution is -2.32. The van der Waals surface area contributed by atoms with E-state index in [1.807, 2.05) is 0 Å². The summed E-state index contributed by atoms with van der Waals surface area (Å²) in [5.41, 5.74) is 5.86. The number of carbonyl (C=O) groups is 1. The monoisotopic (exact) mass is 264 g/mol. The van der Waals surface area contributed by atoms with E-state index in [1.54, 1.807) is 6.07 Å². The van der Waals surface area contributed by atoms with Crippen LogP contribution in [-0.2, 0) is 0 Å². The Morgan fingerprint density at radius 3 is 2.95 bits per heavy atom. The topological polar surface area (TPSA) is 55.1 Å². The number of anilines is 1. The van der Waals surface area contributed by atoms with Crippen molar-refractivity contribution in [1.29, 1.82) is 0 Å². The third-order valence-corrected chi connectivity index (χ3v) is 3.83. The fourth-order valence-electron chi connectivity index (χ4n) is 2.79. The zero-order chi connectivity index (χ0) is 13.8. The largest absolute Gasteiger partial charge is 0.399 e. The first-order chi connectivity index (χ1) is 9.06.